The molecule has 0 bridgehead atoms. The Bertz CT molecular complexity index is 749. The second-order valence-corrected chi connectivity index (χ2v) is 9.24. The van der Waals surface area contributed by atoms with E-state index >= 15 is 0 Å². The lowest BCUT2D eigenvalue weighted by atomic mass is 10.2. The third kappa shape index (κ3) is 4.77. The highest BCUT2D eigenvalue weighted by Crippen LogP contribution is 2.37. The molecule has 2 heterocycles. The second kappa shape index (κ2) is 8.73. The normalized spacial score (nSPS) is 16.8. The first-order valence-electron chi connectivity index (χ1n) is 8.04. The molecule has 0 unspecified atom stereocenters. The van der Waals surface area contributed by atoms with Gasteiger partial charge in [-0.2, -0.15) is 0 Å². The predicted molar refractivity (Wildman–Crippen MR) is 108 cm³/mol. The highest BCUT2D eigenvalue weighted by atomic mass is 32.2. The van der Waals surface area contributed by atoms with E-state index < -0.39 is 0 Å². The van der Waals surface area contributed by atoms with E-state index in [0.717, 1.165) is 28.1 Å². The van der Waals surface area contributed by atoms with Crippen LogP contribution >= 0.6 is 34.9 Å². The van der Waals surface area contributed by atoms with E-state index in [1.165, 1.54) is 28.0 Å². The molecule has 1 aliphatic rings. The zero-order valence-corrected chi connectivity index (χ0v) is 16.4. The monoisotopic (exact) mass is 392 g/mol. The molecule has 0 saturated heterocycles. The second-order valence-electron chi connectivity index (χ2n) is 5.56. The summed E-state index contributed by atoms with van der Waals surface area (Å²) in [6, 6.07) is 8.15. The number of benzene rings is 1. The van der Waals surface area contributed by atoms with Gasteiger partial charge in [0.15, 0.2) is 4.34 Å². The van der Waals surface area contributed by atoms with Gasteiger partial charge in [-0.25, -0.2) is 0 Å². The van der Waals surface area contributed by atoms with Gasteiger partial charge in [0.2, 0.25) is 11.0 Å². The van der Waals surface area contributed by atoms with Crippen LogP contribution in [0.1, 0.15) is 13.3 Å². The van der Waals surface area contributed by atoms with Crippen molar-refractivity contribution < 1.29 is 4.79 Å². The topological polar surface area (TPSA) is 58.1 Å². The number of hydrogen-bond donors (Lipinski definition) is 1. The van der Waals surface area contributed by atoms with Crippen molar-refractivity contribution in [3.05, 3.63) is 36.9 Å². The number of carbonyl (C=O) groups excluding carboxylic acids is 1. The summed E-state index contributed by atoms with van der Waals surface area (Å²) >= 11 is 4.74. The molecular formula is C17H20N4OS3. The first-order chi connectivity index (χ1) is 12.2. The van der Waals surface area contributed by atoms with Crippen molar-refractivity contribution >= 4 is 51.6 Å². The number of nitrogens with one attached hydrogen (secondary N) is 1. The van der Waals surface area contributed by atoms with Gasteiger partial charge in [0.05, 0.1) is 11.4 Å². The Hall–Kier alpha value is -1.51. The van der Waals surface area contributed by atoms with Crippen molar-refractivity contribution in [2.75, 3.05) is 29.1 Å². The molecule has 5 nitrogen and oxygen atoms in total. The van der Waals surface area contributed by atoms with Gasteiger partial charge < -0.3 is 10.2 Å². The van der Waals surface area contributed by atoms with Gasteiger partial charge in [-0.1, -0.05) is 48.2 Å². The number of thioether (sulfide) groups is 2. The standard InChI is InChI=1S/C17H20N4OS3/c1-3-9-18-16-19-20-17(25-16)23-11-15(22)21-10-8-12(2)24-14-7-5-4-6-13(14)21/h3-7,12H,1,8-11H2,2H3,(H,18,19)/t12-/m1/s1. The van der Waals surface area contributed by atoms with E-state index in [1.54, 1.807) is 6.08 Å². The maximum atomic E-state index is 12.8. The number of anilines is 2. The number of rotatable bonds is 6. The number of hydrogen-bond acceptors (Lipinski definition) is 7. The summed E-state index contributed by atoms with van der Waals surface area (Å²) in [4.78, 5) is 15.9. The molecule has 2 aromatic rings. The number of para-hydroxylation sites is 1. The van der Waals surface area contributed by atoms with Gasteiger partial charge >= 0.3 is 0 Å². The lowest BCUT2D eigenvalue weighted by Crippen LogP contribution is -2.33. The molecule has 132 valence electrons. The third-order valence-corrected chi connectivity index (χ3v) is 6.90. The maximum absolute atomic E-state index is 12.8. The van der Waals surface area contributed by atoms with Crippen LogP contribution in [0.25, 0.3) is 0 Å². The van der Waals surface area contributed by atoms with Gasteiger partial charge in [-0.05, 0) is 18.6 Å². The molecule has 1 N–H and O–H groups in total. The van der Waals surface area contributed by atoms with Crippen LogP contribution in [-0.4, -0.2) is 40.2 Å². The lowest BCUT2D eigenvalue weighted by Gasteiger charge is -2.22. The Balaban J connectivity index is 1.65. The van der Waals surface area contributed by atoms with Crippen molar-refractivity contribution in [2.24, 2.45) is 0 Å². The van der Waals surface area contributed by atoms with E-state index in [-0.39, 0.29) is 5.91 Å². The Kier molecular flexibility index (Phi) is 6.39. The molecule has 8 heteroatoms. The first-order valence-corrected chi connectivity index (χ1v) is 10.7. The Labute approximate surface area is 160 Å². The molecule has 1 amide bonds. The summed E-state index contributed by atoms with van der Waals surface area (Å²) in [6.07, 6.45) is 2.76. The van der Waals surface area contributed by atoms with E-state index in [4.69, 9.17) is 0 Å². The van der Waals surface area contributed by atoms with Crippen LogP contribution in [0.3, 0.4) is 0 Å². The fourth-order valence-corrected chi connectivity index (χ4v) is 5.19. The molecular weight excluding hydrogens is 372 g/mol. The summed E-state index contributed by atoms with van der Waals surface area (Å²) in [5, 5.41) is 12.6. The summed E-state index contributed by atoms with van der Waals surface area (Å²) in [5.74, 6) is 0.478. The van der Waals surface area contributed by atoms with Crippen LogP contribution in [0.2, 0.25) is 0 Å². The summed E-state index contributed by atoms with van der Waals surface area (Å²) in [6.45, 7) is 7.28. The average Bonchev–Trinajstić information content (AvgIpc) is 3.00. The van der Waals surface area contributed by atoms with Crippen LogP contribution in [0.15, 0.2) is 46.2 Å². The van der Waals surface area contributed by atoms with Crippen LogP contribution < -0.4 is 10.2 Å². The third-order valence-electron chi connectivity index (χ3n) is 3.67. The lowest BCUT2D eigenvalue weighted by molar-refractivity contribution is -0.116. The molecule has 25 heavy (non-hydrogen) atoms. The molecule has 0 saturated carbocycles. The number of aromatic nitrogens is 2. The summed E-state index contributed by atoms with van der Waals surface area (Å²) < 4.78 is 0.797. The fraction of sp³-hybridized carbons (Fsp3) is 0.353. The van der Waals surface area contributed by atoms with Gasteiger partial charge in [0.1, 0.15) is 0 Å². The van der Waals surface area contributed by atoms with Crippen molar-refractivity contribution in [3.63, 3.8) is 0 Å². The highest BCUT2D eigenvalue weighted by molar-refractivity contribution is 8.01. The fourth-order valence-electron chi connectivity index (χ4n) is 2.45. The van der Waals surface area contributed by atoms with Crippen LogP contribution in [-0.2, 0) is 4.79 Å². The Morgan fingerprint density at radius 1 is 1.48 bits per heavy atom. The minimum Gasteiger partial charge on any atom is -0.357 e. The number of fused-ring (bicyclic) bond motifs is 1. The SMILES string of the molecule is C=CCNc1nnc(SCC(=O)N2CC[C@@H](C)Sc3ccccc32)s1. The summed E-state index contributed by atoms with van der Waals surface area (Å²) in [7, 11) is 0. The molecule has 3 rings (SSSR count). The van der Waals surface area contributed by atoms with Gasteiger partial charge in [-0.15, -0.1) is 28.5 Å². The Morgan fingerprint density at radius 2 is 2.32 bits per heavy atom. The molecule has 0 aliphatic carbocycles. The minimum absolute atomic E-state index is 0.114. The van der Waals surface area contributed by atoms with E-state index in [9.17, 15) is 4.79 Å². The van der Waals surface area contributed by atoms with Crippen LogP contribution in [0.5, 0.6) is 0 Å². The number of amides is 1. The molecule has 0 fully saturated rings. The van der Waals surface area contributed by atoms with Crippen LogP contribution in [0, 0.1) is 0 Å². The van der Waals surface area contributed by atoms with Gasteiger partial charge in [0, 0.05) is 23.2 Å². The minimum atomic E-state index is 0.114. The highest BCUT2D eigenvalue weighted by Gasteiger charge is 2.24. The molecule has 1 aromatic carbocycles. The van der Waals surface area contributed by atoms with E-state index in [1.807, 2.05) is 34.9 Å². The average molecular weight is 393 g/mol. The summed E-state index contributed by atoms with van der Waals surface area (Å²) in [5.41, 5.74) is 1.02. The van der Waals surface area contributed by atoms with Crippen LogP contribution in [0.4, 0.5) is 10.8 Å². The van der Waals surface area contributed by atoms with Crippen molar-refractivity contribution in [1.29, 1.82) is 0 Å². The van der Waals surface area contributed by atoms with Gasteiger partial charge in [0.25, 0.3) is 0 Å². The van der Waals surface area contributed by atoms with Crippen molar-refractivity contribution in [3.8, 4) is 0 Å². The Morgan fingerprint density at radius 3 is 3.16 bits per heavy atom. The number of carbonyl (C=O) groups is 1. The smallest absolute Gasteiger partial charge is 0.237 e. The predicted octanol–water partition coefficient (Wildman–Crippen LogP) is 4.15. The quantitative estimate of drug-likeness (QED) is 0.589. The zero-order valence-electron chi connectivity index (χ0n) is 14.0. The molecule has 1 atom stereocenters. The van der Waals surface area contributed by atoms with E-state index in [0.29, 0.717) is 17.5 Å². The molecule has 1 aliphatic heterocycles. The largest absolute Gasteiger partial charge is 0.357 e. The molecule has 0 radical (unpaired) electrons. The first kappa shape index (κ1) is 18.3. The van der Waals surface area contributed by atoms with Crippen molar-refractivity contribution in [2.45, 2.75) is 27.8 Å². The van der Waals surface area contributed by atoms with Crippen molar-refractivity contribution in [1.82, 2.24) is 10.2 Å². The maximum Gasteiger partial charge on any atom is 0.237 e. The number of nitrogens with zero attached hydrogens (tertiary/aromatic N) is 3. The molecule has 0 spiro atoms. The van der Waals surface area contributed by atoms with E-state index in [2.05, 4.69) is 35.1 Å². The zero-order chi connectivity index (χ0) is 17.6. The molecule has 1 aromatic heterocycles. The van der Waals surface area contributed by atoms with Gasteiger partial charge in [-0.3, -0.25) is 4.79 Å².